The maximum Gasteiger partial charge on any atom is 0.251 e. The Labute approximate surface area is 136 Å². The van der Waals surface area contributed by atoms with Gasteiger partial charge in [-0.15, -0.1) is 0 Å². The lowest BCUT2D eigenvalue weighted by atomic mass is 10.0. The zero-order valence-electron chi connectivity index (χ0n) is 13.4. The molecule has 0 aliphatic heterocycles. The van der Waals surface area contributed by atoms with Crippen LogP contribution >= 0.6 is 0 Å². The first-order chi connectivity index (χ1) is 11.1. The van der Waals surface area contributed by atoms with E-state index in [2.05, 4.69) is 10.3 Å². The van der Waals surface area contributed by atoms with E-state index in [9.17, 15) is 4.79 Å². The zero-order valence-corrected chi connectivity index (χ0v) is 13.4. The van der Waals surface area contributed by atoms with Gasteiger partial charge in [-0.2, -0.15) is 0 Å². The zero-order chi connectivity index (χ0) is 16.7. The summed E-state index contributed by atoms with van der Waals surface area (Å²) >= 11 is 0. The van der Waals surface area contributed by atoms with Crippen molar-refractivity contribution in [3.63, 3.8) is 0 Å². The molecule has 5 nitrogen and oxygen atoms in total. The van der Waals surface area contributed by atoms with Crippen LogP contribution in [-0.4, -0.2) is 28.6 Å². The lowest BCUT2D eigenvalue weighted by Crippen LogP contribution is -2.38. The van der Waals surface area contributed by atoms with Crippen LogP contribution in [0.25, 0.3) is 0 Å². The molecular formula is C18H22N2O3. The molecule has 23 heavy (non-hydrogen) atoms. The van der Waals surface area contributed by atoms with Gasteiger partial charge in [0.25, 0.3) is 5.91 Å². The van der Waals surface area contributed by atoms with Crippen LogP contribution in [0.1, 0.15) is 29.8 Å². The molecule has 1 aromatic heterocycles. The molecule has 5 heteroatoms. The number of amides is 1. The summed E-state index contributed by atoms with van der Waals surface area (Å²) in [4.78, 5) is 16.3. The minimum absolute atomic E-state index is 0.00367. The molecule has 0 saturated heterocycles. The van der Waals surface area contributed by atoms with Crippen molar-refractivity contribution in [2.45, 2.75) is 26.5 Å². The van der Waals surface area contributed by atoms with E-state index in [1.54, 1.807) is 30.6 Å². The largest absolute Gasteiger partial charge is 0.489 e. The lowest BCUT2D eigenvalue weighted by molar-refractivity contribution is 0.0916. The number of nitrogens with one attached hydrogen (secondary N) is 1. The van der Waals surface area contributed by atoms with Crippen molar-refractivity contribution < 1.29 is 14.6 Å². The van der Waals surface area contributed by atoms with Crippen molar-refractivity contribution in [3.05, 3.63) is 59.9 Å². The number of pyridine rings is 1. The van der Waals surface area contributed by atoms with Crippen molar-refractivity contribution >= 4 is 5.91 Å². The van der Waals surface area contributed by atoms with Gasteiger partial charge in [0.15, 0.2) is 0 Å². The van der Waals surface area contributed by atoms with Gasteiger partial charge in [0.1, 0.15) is 12.4 Å². The average molecular weight is 314 g/mol. The molecule has 1 amide bonds. The number of carbonyl (C=O) groups is 1. The number of hydrogen-bond donors (Lipinski definition) is 2. The summed E-state index contributed by atoms with van der Waals surface area (Å²) in [6.07, 6.45) is 3.46. The van der Waals surface area contributed by atoms with Crippen LogP contribution < -0.4 is 10.1 Å². The highest BCUT2D eigenvalue weighted by Crippen LogP contribution is 2.15. The highest BCUT2D eigenvalue weighted by Gasteiger charge is 2.15. The first-order valence-corrected chi connectivity index (χ1v) is 7.63. The van der Waals surface area contributed by atoms with E-state index in [4.69, 9.17) is 9.84 Å². The van der Waals surface area contributed by atoms with Crippen LogP contribution in [0.2, 0.25) is 0 Å². The Morgan fingerprint density at radius 1 is 1.30 bits per heavy atom. The van der Waals surface area contributed by atoms with E-state index in [1.807, 2.05) is 32.0 Å². The number of ether oxygens (including phenoxy) is 1. The second-order valence-electron chi connectivity index (χ2n) is 5.60. The monoisotopic (exact) mass is 314 g/mol. The second kappa shape index (κ2) is 8.29. The van der Waals surface area contributed by atoms with Gasteiger partial charge < -0.3 is 15.2 Å². The van der Waals surface area contributed by atoms with Gasteiger partial charge in [-0.25, -0.2) is 0 Å². The molecule has 0 aliphatic carbocycles. The van der Waals surface area contributed by atoms with Crippen LogP contribution in [0.3, 0.4) is 0 Å². The number of rotatable bonds is 7. The Kier molecular flexibility index (Phi) is 6.11. The quantitative estimate of drug-likeness (QED) is 0.823. The molecule has 2 rings (SSSR count). The van der Waals surface area contributed by atoms with Crippen molar-refractivity contribution in [3.8, 4) is 5.75 Å². The van der Waals surface area contributed by atoms with Crippen LogP contribution in [0, 0.1) is 5.92 Å². The Morgan fingerprint density at radius 2 is 2.13 bits per heavy atom. The standard InChI is InChI=1S/C18H22N2O3/c1-13(11-21)14(2)20-18(22)16-6-3-7-17(9-16)23-12-15-5-4-8-19-10-15/h3-10,13-14,21H,11-12H2,1-2H3,(H,20,22). The Morgan fingerprint density at radius 3 is 2.83 bits per heavy atom. The maximum atomic E-state index is 12.2. The van der Waals surface area contributed by atoms with Crippen LogP contribution in [0.4, 0.5) is 0 Å². The smallest absolute Gasteiger partial charge is 0.251 e. The summed E-state index contributed by atoms with van der Waals surface area (Å²) in [6.45, 7) is 4.20. The Balaban J connectivity index is 1.97. The SMILES string of the molecule is CC(CO)C(C)NC(=O)c1cccc(OCc2cccnc2)c1. The van der Waals surface area contributed by atoms with E-state index in [0.29, 0.717) is 17.9 Å². The molecule has 0 saturated carbocycles. The van der Waals surface area contributed by atoms with Gasteiger partial charge in [-0.05, 0) is 37.1 Å². The number of aromatic nitrogens is 1. The molecule has 122 valence electrons. The van der Waals surface area contributed by atoms with Gasteiger partial charge in [-0.3, -0.25) is 9.78 Å². The molecule has 1 aromatic carbocycles. The van der Waals surface area contributed by atoms with Crippen molar-refractivity contribution in [2.24, 2.45) is 5.92 Å². The molecule has 2 N–H and O–H groups in total. The molecule has 0 aliphatic rings. The fraction of sp³-hybridized carbons (Fsp3) is 0.333. The number of aliphatic hydroxyl groups is 1. The predicted molar refractivity (Wildman–Crippen MR) is 88.2 cm³/mol. The Bertz CT molecular complexity index is 631. The third-order valence-electron chi connectivity index (χ3n) is 3.72. The predicted octanol–water partition coefficient (Wildman–Crippen LogP) is 2.41. The maximum absolute atomic E-state index is 12.2. The van der Waals surface area contributed by atoms with E-state index in [1.165, 1.54) is 0 Å². The van der Waals surface area contributed by atoms with Crippen LogP contribution in [0.5, 0.6) is 5.75 Å². The first-order valence-electron chi connectivity index (χ1n) is 7.63. The summed E-state index contributed by atoms with van der Waals surface area (Å²) in [5.74, 6) is 0.456. The number of aliphatic hydroxyl groups excluding tert-OH is 1. The summed E-state index contributed by atoms with van der Waals surface area (Å²) in [5.41, 5.74) is 1.50. The second-order valence-corrected chi connectivity index (χ2v) is 5.60. The molecule has 0 radical (unpaired) electrons. The van der Waals surface area contributed by atoms with E-state index >= 15 is 0 Å². The van der Waals surface area contributed by atoms with Crippen LogP contribution in [0.15, 0.2) is 48.8 Å². The summed E-state index contributed by atoms with van der Waals surface area (Å²) in [6, 6.07) is 10.7. The fourth-order valence-corrected chi connectivity index (χ4v) is 1.97. The minimum atomic E-state index is -0.176. The Hall–Kier alpha value is -2.40. The molecule has 2 aromatic rings. The van der Waals surface area contributed by atoms with Gasteiger partial charge in [-0.1, -0.05) is 19.1 Å². The van der Waals surface area contributed by atoms with Gasteiger partial charge in [0, 0.05) is 36.2 Å². The van der Waals surface area contributed by atoms with Gasteiger partial charge >= 0.3 is 0 Å². The number of nitrogens with zero attached hydrogens (tertiary/aromatic N) is 1. The molecule has 1 heterocycles. The van der Waals surface area contributed by atoms with E-state index in [0.717, 1.165) is 5.56 Å². The third-order valence-corrected chi connectivity index (χ3v) is 3.72. The third kappa shape index (κ3) is 5.07. The van der Waals surface area contributed by atoms with E-state index in [-0.39, 0.29) is 24.5 Å². The minimum Gasteiger partial charge on any atom is -0.489 e. The summed E-state index contributed by atoms with van der Waals surface area (Å²) in [7, 11) is 0. The molecular weight excluding hydrogens is 292 g/mol. The number of hydrogen-bond acceptors (Lipinski definition) is 4. The van der Waals surface area contributed by atoms with Gasteiger partial charge in [0.05, 0.1) is 0 Å². The van der Waals surface area contributed by atoms with Gasteiger partial charge in [0.2, 0.25) is 0 Å². The molecule has 2 unspecified atom stereocenters. The lowest BCUT2D eigenvalue weighted by Gasteiger charge is -2.19. The highest BCUT2D eigenvalue weighted by atomic mass is 16.5. The summed E-state index contributed by atoms with van der Waals surface area (Å²) < 4.78 is 5.70. The van der Waals surface area contributed by atoms with Crippen molar-refractivity contribution in [1.29, 1.82) is 0 Å². The summed E-state index contributed by atoms with van der Waals surface area (Å²) in [5, 5.41) is 12.0. The molecule has 0 bridgehead atoms. The molecule has 0 spiro atoms. The van der Waals surface area contributed by atoms with Crippen molar-refractivity contribution in [2.75, 3.05) is 6.61 Å². The van der Waals surface area contributed by atoms with Crippen LogP contribution in [-0.2, 0) is 6.61 Å². The van der Waals surface area contributed by atoms with Crippen molar-refractivity contribution in [1.82, 2.24) is 10.3 Å². The topological polar surface area (TPSA) is 71.5 Å². The van der Waals surface area contributed by atoms with E-state index < -0.39 is 0 Å². The average Bonchev–Trinajstić information content (AvgIpc) is 2.60. The molecule has 0 fully saturated rings. The highest BCUT2D eigenvalue weighted by molar-refractivity contribution is 5.94. The number of carbonyl (C=O) groups excluding carboxylic acids is 1. The fourth-order valence-electron chi connectivity index (χ4n) is 1.97. The normalized spacial score (nSPS) is 13.2. The molecule has 2 atom stereocenters. The first kappa shape index (κ1) is 17.0. The number of benzene rings is 1.